The number of nitroso groups, excluding NO2 is 1. The molecule has 2 heteroatoms. The number of allylic oxidation sites excluding steroid dienone is 1. The zero-order chi connectivity index (χ0) is 7.28. The van der Waals surface area contributed by atoms with Gasteiger partial charge in [0, 0.05) is 0 Å². The Bertz CT molecular complexity index is 107. The van der Waals surface area contributed by atoms with Gasteiger partial charge in [-0.05, 0) is 12.8 Å². The molecular weight excluding hydrogens is 114 g/mol. The molecule has 2 nitrogen and oxygen atoms in total. The van der Waals surface area contributed by atoms with E-state index in [2.05, 4.69) is 19.0 Å². The molecule has 1 unspecified atom stereocenters. The van der Waals surface area contributed by atoms with E-state index in [0.717, 1.165) is 0 Å². The Kier molecular flexibility index (Phi) is 3.93. The summed E-state index contributed by atoms with van der Waals surface area (Å²) in [4.78, 5) is 9.82. The third-order valence-corrected chi connectivity index (χ3v) is 0.941. The smallest absolute Gasteiger partial charge is 0.107 e. The molecule has 0 aromatic rings. The minimum atomic E-state index is -0.174. The third kappa shape index (κ3) is 5.21. The van der Waals surface area contributed by atoms with Crippen LogP contribution in [0.25, 0.3) is 0 Å². The van der Waals surface area contributed by atoms with Crippen LogP contribution in [0.1, 0.15) is 20.8 Å². The highest BCUT2D eigenvalue weighted by Crippen LogP contribution is 1.97. The van der Waals surface area contributed by atoms with Crippen LogP contribution in [0.15, 0.2) is 17.3 Å². The maximum atomic E-state index is 9.82. The molecule has 0 radical (unpaired) electrons. The molecule has 0 spiro atoms. The van der Waals surface area contributed by atoms with Crippen molar-refractivity contribution in [3.05, 3.63) is 17.1 Å². The normalized spacial score (nSPS) is 14.7. The highest BCUT2D eigenvalue weighted by Gasteiger charge is 1.91. The highest BCUT2D eigenvalue weighted by atomic mass is 16.3. The lowest BCUT2D eigenvalue weighted by Gasteiger charge is -1.94. The summed E-state index contributed by atoms with van der Waals surface area (Å²) in [6.07, 6.45) is 3.80. The van der Waals surface area contributed by atoms with Gasteiger partial charge in [0.05, 0.1) is 0 Å². The average Bonchev–Trinajstić information content (AvgIpc) is 1.83. The Balaban J connectivity index is 3.56. The summed E-state index contributed by atoms with van der Waals surface area (Å²) in [5.74, 6) is 0.509. The molecule has 0 saturated heterocycles. The van der Waals surface area contributed by atoms with Crippen LogP contribution < -0.4 is 0 Å². The van der Waals surface area contributed by atoms with Crippen molar-refractivity contribution in [2.45, 2.75) is 26.8 Å². The SMILES string of the molecule is CC(C)C=CC(C)N=O. The fraction of sp³-hybridized carbons (Fsp3) is 0.714. The fourth-order valence-corrected chi connectivity index (χ4v) is 0.418. The van der Waals surface area contributed by atoms with Gasteiger partial charge in [-0.25, -0.2) is 0 Å². The molecule has 0 N–H and O–H groups in total. The van der Waals surface area contributed by atoms with Crippen LogP contribution in [0.4, 0.5) is 0 Å². The van der Waals surface area contributed by atoms with Gasteiger partial charge in [0.2, 0.25) is 0 Å². The predicted octanol–water partition coefficient (Wildman–Crippen LogP) is 2.35. The molecule has 0 aliphatic carbocycles. The number of nitrogens with zero attached hydrogens (tertiary/aromatic N) is 1. The van der Waals surface area contributed by atoms with E-state index >= 15 is 0 Å². The largest absolute Gasteiger partial charge is 0.150 e. The van der Waals surface area contributed by atoms with Crippen LogP contribution in [-0.2, 0) is 0 Å². The summed E-state index contributed by atoms with van der Waals surface area (Å²) in [6, 6.07) is -0.174. The molecule has 0 saturated carbocycles. The summed E-state index contributed by atoms with van der Waals surface area (Å²) in [7, 11) is 0. The van der Waals surface area contributed by atoms with Gasteiger partial charge >= 0.3 is 0 Å². The molecular formula is C7H13NO. The van der Waals surface area contributed by atoms with Crippen molar-refractivity contribution in [3.63, 3.8) is 0 Å². The highest BCUT2D eigenvalue weighted by molar-refractivity contribution is 4.92. The average molecular weight is 127 g/mol. The minimum absolute atomic E-state index is 0.174. The summed E-state index contributed by atoms with van der Waals surface area (Å²) in [5, 5.41) is 2.82. The molecule has 0 heterocycles. The zero-order valence-corrected chi connectivity index (χ0v) is 6.16. The van der Waals surface area contributed by atoms with Crippen molar-refractivity contribution in [1.29, 1.82) is 0 Å². The molecule has 0 fully saturated rings. The van der Waals surface area contributed by atoms with Crippen LogP contribution in [0.3, 0.4) is 0 Å². The van der Waals surface area contributed by atoms with E-state index in [1.807, 2.05) is 12.2 Å². The van der Waals surface area contributed by atoms with E-state index in [0.29, 0.717) is 5.92 Å². The fourth-order valence-electron chi connectivity index (χ4n) is 0.418. The molecule has 0 aromatic heterocycles. The summed E-state index contributed by atoms with van der Waals surface area (Å²) in [5.41, 5.74) is 0. The minimum Gasteiger partial charge on any atom is -0.150 e. The summed E-state index contributed by atoms with van der Waals surface area (Å²) < 4.78 is 0. The van der Waals surface area contributed by atoms with Crippen molar-refractivity contribution in [1.82, 2.24) is 0 Å². The molecule has 52 valence electrons. The molecule has 0 bridgehead atoms. The maximum absolute atomic E-state index is 9.82. The molecule has 0 aliphatic heterocycles. The van der Waals surface area contributed by atoms with Gasteiger partial charge in [0.1, 0.15) is 6.04 Å². The lowest BCUT2D eigenvalue weighted by Crippen LogP contribution is -1.90. The first kappa shape index (κ1) is 8.34. The van der Waals surface area contributed by atoms with E-state index in [9.17, 15) is 4.91 Å². The monoisotopic (exact) mass is 127 g/mol. The molecule has 0 amide bonds. The maximum Gasteiger partial charge on any atom is 0.107 e. The second kappa shape index (κ2) is 4.24. The van der Waals surface area contributed by atoms with Crippen LogP contribution >= 0.6 is 0 Å². The summed E-state index contributed by atoms with van der Waals surface area (Å²) in [6.45, 7) is 5.90. The van der Waals surface area contributed by atoms with E-state index in [-0.39, 0.29) is 6.04 Å². The molecule has 0 aromatic carbocycles. The van der Waals surface area contributed by atoms with Crippen molar-refractivity contribution < 1.29 is 0 Å². The van der Waals surface area contributed by atoms with E-state index in [1.54, 1.807) is 6.92 Å². The van der Waals surface area contributed by atoms with E-state index in [1.165, 1.54) is 0 Å². The van der Waals surface area contributed by atoms with Crippen LogP contribution in [0.5, 0.6) is 0 Å². The quantitative estimate of drug-likeness (QED) is 0.422. The Morgan fingerprint density at radius 3 is 2.11 bits per heavy atom. The van der Waals surface area contributed by atoms with Gasteiger partial charge in [0.25, 0.3) is 0 Å². The van der Waals surface area contributed by atoms with Gasteiger partial charge in [-0.3, -0.25) is 0 Å². The second-order valence-corrected chi connectivity index (χ2v) is 2.47. The van der Waals surface area contributed by atoms with Gasteiger partial charge < -0.3 is 0 Å². The standard InChI is InChI=1S/C7H13NO/c1-6(2)4-5-7(3)8-9/h4-7H,1-3H3. The zero-order valence-electron chi connectivity index (χ0n) is 6.16. The first-order chi connectivity index (χ1) is 4.16. The predicted molar refractivity (Wildman–Crippen MR) is 39.2 cm³/mol. The molecule has 1 atom stereocenters. The Hall–Kier alpha value is -0.660. The topological polar surface area (TPSA) is 29.4 Å². The van der Waals surface area contributed by atoms with Gasteiger partial charge in [-0.15, -0.1) is 0 Å². The molecule has 9 heavy (non-hydrogen) atoms. The van der Waals surface area contributed by atoms with Crippen LogP contribution in [0.2, 0.25) is 0 Å². The van der Waals surface area contributed by atoms with Crippen LogP contribution in [0, 0.1) is 10.8 Å². The first-order valence-corrected chi connectivity index (χ1v) is 3.17. The lowest BCUT2D eigenvalue weighted by atomic mass is 10.2. The van der Waals surface area contributed by atoms with Crippen molar-refractivity contribution >= 4 is 0 Å². The third-order valence-electron chi connectivity index (χ3n) is 0.941. The van der Waals surface area contributed by atoms with Crippen molar-refractivity contribution in [2.24, 2.45) is 11.1 Å². The van der Waals surface area contributed by atoms with Gasteiger partial charge in [-0.1, -0.05) is 31.2 Å². The second-order valence-electron chi connectivity index (χ2n) is 2.47. The van der Waals surface area contributed by atoms with Crippen LogP contribution in [-0.4, -0.2) is 6.04 Å². The lowest BCUT2D eigenvalue weighted by molar-refractivity contribution is 0.810. The number of hydrogen-bond acceptors (Lipinski definition) is 2. The first-order valence-electron chi connectivity index (χ1n) is 3.17. The molecule has 0 rings (SSSR count). The Morgan fingerprint density at radius 2 is 1.78 bits per heavy atom. The van der Waals surface area contributed by atoms with Crippen molar-refractivity contribution in [2.75, 3.05) is 0 Å². The Labute approximate surface area is 55.9 Å². The van der Waals surface area contributed by atoms with Gasteiger partial charge in [0.15, 0.2) is 0 Å². The Morgan fingerprint density at radius 1 is 1.22 bits per heavy atom. The number of hydrogen-bond donors (Lipinski definition) is 0. The van der Waals surface area contributed by atoms with E-state index in [4.69, 9.17) is 0 Å². The summed E-state index contributed by atoms with van der Waals surface area (Å²) >= 11 is 0. The van der Waals surface area contributed by atoms with Crippen molar-refractivity contribution in [3.8, 4) is 0 Å². The molecule has 0 aliphatic rings. The van der Waals surface area contributed by atoms with Gasteiger partial charge in [-0.2, -0.15) is 4.91 Å². The number of rotatable bonds is 3. The van der Waals surface area contributed by atoms with E-state index < -0.39 is 0 Å².